The van der Waals surface area contributed by atoms with E-state index in [0.717, 1.165) is 17.7 Å². The summed E-state index contributed by atoms with van der Waals surface area (Å²) in [5, 5.41) is 3.23. The summed E-state index contributed by atoms with van der Waals surface area (Å²) in [4.78, 5) is 27.5. The number of carbonyl (C=O) groups is 2. The molecule has 5 nitrogen and oxygen atoms in total. The maximum absolute atomic E-state index is 14.0. The molecule has 0 spiro atoms. The van der Waals surface area contributed by atoms with Gasteiger partial charge >= 0.3 is 0 Å². The van der Waals surface area contributed by atoms with Crippen LogP contribution in [0.15, 0.2) is 42.5 Å². The number of thioether (sulfide) groups is 1. The van der Waals surface area contributed by atoms with E-state index in [1.165, 1.54) is 17.8 Å². The Labute approximate surface area is 198 Å². The minimum Gasteiger partial charge on any atom is -0.497 e. The first kappa shape index (κ1) is 26.0. The van der Waals surface area contributed by atoms with Gasteiger partial charge in [0, 0.05) is 29.4 Å². The number of nitrogens with one attached hydrogen (secondary N) is 1. The lowest BCUT2D eigenvalue weighted by Crippen LogP contribution is -2.49. The number of carbonyl (C=O) groups excluding carboxylic acids is 2. The molecule has 0 heterocycles. The molecular formula is C24H30ClFN2O3S. The number of rotatable bonds is 12. The number of hydrogen-bond acceptors (Lipinski definition) is 4. The van der Waals surface area contributed by atoms with Crippen LogP contribution in [0.2, 0.25) is 5.02 Å². The molecule has 0 radical (unpaired) electrons. The molecule has 2 aromatic rings. The maximum Gasteiger partial charge on any atom is 0.242 e. The van der Waals surface area contributed by atoms with Gasteiger partial charge < -0.3 is 15.0 Å². The number of benzene rings is 2. The van der Waals surface area contributed by atoms with Crippen molar-refractivity contribution in [1.82, 2.24) is 10.2 Å². The molecule has 0 unspecified atom stereocenters. The van der Waals surface area contributed by atoms with Crippen molar-refractivity contribution in [2.24, 2.45) is 0 Å². The van der Waals surface area contributed by atoms with Crippen LogP contribution in [0.3, 0.4) is 0 Å². The number of methoxy groups -OCH3 is 1. The molecule has 2 aromatic carbocycles. The largest absolute Gasteiger partial charge is 0.497 e. The number of ether oxygens (including phenoxy) is 1. The summed E-state index contributed by atoms with van der Waals surface area (Å²) in [7, 11) is 1.59. The second kappa shape index (κ2) is 13.3. The van der Waals surface area contributed by atoms with E-state index in [2.05, 4.69) is 5.32 Å². The van der Waals surface area contributed by atoms with Crippen molar-refractivity contribution in [2.75, 3.05) is 19.4 Å². The Morgan fingerprint density at radius 2 is 1.91 bits per heavy atom. The molecule has 32 heavy (non-hydrogen) atoms. The monoisotopic (exact) mass is 480 g/mol. The number of nitrogens with zero attached hydrogens (tertiary/aromatic N) is 1. The molecule has 2 amide bonds. The molecule has 1 N–H and O–H groups in total. The normalized spacial score (nSPS) is 11.7. The molecule has 0 aliphatic rings. The first-order valence-corrected chi connectivity index (χ1v) is 12.1. The lowest BCUT2D eigenvalue weighted by molar-refractivity contribution is -0.139. The highest BCUT2D eigenvalue weighted by Gasteiger charge is 2.28. The minimum absolute atomic E-state index is 0.109. The average molecular weight is 481 g/mol. The van der Waals surface area contributed by atoms with Crippen molar-refractivity contribution in [3.8, 4) is 5.75 Å². The number of hydrogen-bond donors (Lipinski definition) is 1. The topological polar surface area (TPSA) is 58.6 Å². The van der Waals surface area contributed by atoms with Crippen LogP contribution in [-0.4, -0.2) is 42.2 Å². The fourth-order valence-corrected chi connectivity index (χ4v) is 4.46. The average Bonchev–Trinajstić information content (AvgIpc) is 2.79. The van der Waals surface area contributed by atoms with Crippen LogP contribution < -0.4 is 10.1 Å². The fourth-order valence-electron chi connectivity index (χ4n) is 3.21. The molecule has 0 aliphatic heterocycles. The zero-order valence-corrected chi connectivity index (χ0v) is 20.3. The van der Waals surface area contributed by atoms with Crippen LogP contribution in [0.5, 0.6) is 5.75 Å². The van der Waals surface area contributed by atoms with Crippen molar-refractivity contribution >= 4 is 35.2 Å². The van der Waals surface area contributed by atoms with E-state index in [1.54, 1.807) is 24.1 Å². The van der Waals surface area contributed by atoms with E-state index in [4.69, 9.17) is 16.3 Å². The molecule has 1 atom stereocenters. The van der Waals surface area contributed by atoms with Crippen molar-refractivity contribution in [3.63, 3.8) is 0 Å². The minimum atomic E-state index is -0.589. The Morgan fingerprint density at radius 3 is 2.50 bits per heavy atom. The van der Waals surface area contributed by atoms with Gasteiger partial charge in [-0.1, -0.05) is 43.6 Å². The highest BCUT2D eigenvalue weighted by Crippen LogP contribution is 2.25. The first-order chi connectivity index (χ1) is 15.4. The molecule has 0 fully saturated rings. The number of halogens is 2. The van der Waals surface area contributed by atoms with Gasteiger partial charge in [0.25, 0.3) is 0 Å². The van der Waals surface area contributed by atoms with Gasteiger partial charge in [0.05, 0.1) is 12.9 Å². The van der Waals surface area contributed by atoms with Gasteiger partial charge in [-0.25, -0.2) is 4.39 Å². The predicted molar refractivity (Wildman–Crippen MR) is 128 cm³/mol. The van der Waals surface area contributed by atoms with Gasteiger partial charge in [-0.05, 0) is 42.7 Å². The second-order valence-electron chi connectivity index (χ2n) is 7.28. The third-order valence-corrected chi connectivity index (χ3v) is 6.28. The van der Waals surface area contributed by atoms with E-state index in [0.29, 0.717) is 30.1 Å². The smallest absolute Gasteiger partial charge is 0.242 e. The standard InChI is InChI=1S/C24H30ClFN2O3S/c1-4-13-27-24(30)22(5-2)28(14-17-9-11-18(31-3)12-10-17)23(29)16-32-15-19-20(25)7-6-8-21(19)26/h6-12,22H,4-5,13-16H2,1-3H3,(H,27,30)/t22-/m0/s1. The molecule has 0 aliphatic carbocycles. The zero-order valence-electron chi connectivity index (χ0n) is 18.7. The van der Waals surface area contributed by atoms with Crippen molar-refractivity contribution in [2.45, 2.75) is 45.0 Å². The summed E-state index contributed by atoms with van der Waals surface area (Å²) in [5.41, 5.74) is 1.27. The Hall–Kier alpha value is -2.25. The summed E-state index contributed by atoms with van der Waals surface area (Å²) in [6.07, 6.45) is 1.30. The van der Waals surface area contributed by atoms with Crippen molar-refractivity contribution in [3.05, 3.63) is 64.4 Å². The second-order valence-corrected chi connectivity index (χ2v) is 8.67. The third kappa shape index (κ3) is 7.41. The zero-order chi connectivity index (χ0) is 23.5. The van der Waals surface area contributed by atoms with Crippen LogP contribution in [0.4, 0.5) is 4.39 Å². The molecule has 0 aromatic heterocycles. The summed E-state index contributed by atoms with van der Waals surface area (Å²) < 4.78 is 19.2. The van der Waals surface area contributed by atoms with Gasteiger partial charge in [0.1, 0.15) is 17.6 Å². The summed E-state index contributed by atoms with van der Waals surface area (Å²) in [6, 6.07) is 11.3. The van der Waals surface area contributed by atoms with Crippen LogP contribution >= 0.6 is 23.4 Å². The van der Waals surface area contributed by atoms with Crippen LogP contribution in [-0.2, 0) is 21.9 Å². The lowest BCUT2D eigenvalue weighted by Gasteiger charge is -2.30. The molecule has 0 saturated carbocycles. The van der Waals surface area contributed by atoms with E-state index in [-0.39, 0.29) is 23.3 Å². The van der Waals surface area contributed by atoms with E-state index in [9.17, 15) is 14.0 Å². The van der Waals surface area contributed by atoms with E-state index in [1.807, 2.05) is 38.1 Å². The first-order valence-electron chi connectivity index (χ1n) is 10.6. The van der Waals surface area contributed by atoms with Gasteiger partial charge in [0.15, 0.2) is 0 Å². The highest BCUT2D eigenvalue weighted by atomic mass is 35.5. The Morgan fingerprint density at radius 1 is 1.19 bits per heavy atom. The molecule has 8 heteroatoms. The lowest BCUT2D eigenvalue weighted by atomic mass is 10.1. The molecule has 174 valence electrons. The van der Waals surface area contributed by atoms with Gasteiger partial charge in [0.2, 0.25) is 11.8 Å². The quantitative estimate of drug-likeness (QED) is 0.461. The summed E-state index contributed by atoms with van der Waals surface area (Å²) >= 11 is 7.37. The van der Waals surface area contributed by atoms with Gasteiger partial charge in [-0.3, -0.25) is 9.59 Å². The summed E-state index contributed by atoms with van der Waals surface area (Å²) in [5.74, 6) is 0.356. The van der Waals surface area contributed by atoms with Gasteiger partial charge in [-0.15, -0.1) is 11.8 Å². The highest BCUT2D eigenvalue weighted by molar-refractivity contribution is 7.99. The molecule has 0 bridgehead atoms. The van der Waals surface area contributed by atoms with Crippen molar-refractivity contribution < 1.29 is 18.7 Å². The van der Waals surface area contributed by atoms with Crippen molar-refractivity contribution in [1.29, 1.82) is 0 Å². The SMILES string of the molecule is CCCNC(=O)[C@H](CC)N(Cc1ccc(OC)cc1)C(=O)CSCc1c(F)cccc1Cl. The van der Waals surface area contributed by atoms with Crippen LogP contribution in [0.1, 0.15) is 37.8 Å². The van der Waals surface area contributed by atoms with Crippen LogP contribution in [0.25, 0.3) is 0 Å². The summed E-state index contributed by atoms with van der Waals surface area (Å²) in [6.45, 7) is 4.71. The van der Waals surface area contributed by atoms with Gasteiger partial charge in [-0.2, -0.15) is 0 Å². The van der Waals surface area contributed by atoms with E-state index >= 15 is 0 Å². The molecule has 0 saturated heterocycles. The predicted octanol–water partition coefficient (Wildman–Crippen LogP) is 5.05. The number of amides is 2. The van der Waals surface area contributed by atoms with Crippen LogP contribution in [0, 0.1) is 5.82 Å². The molecular weight excluding hydrogens is 451 g/mol. The third-order valence-electron chi connectivity index (χ3n) is 4.98. The Kier molecular flexibility index (Phi) is 10.8. The Bertz CT molecular complexity index is 875. The Balaban J connectivity index is 2.15. The fraction of sp³-hybridized carbons (Fsp3) is 0.417. The maximum atomic E-state index is 14.0. The van der Waals surface area contributed by atoms with E-state index < -0.39 is 11.9 Å². The molecule has 2 rings (SSSR count).